The SMILES string of the molecule is CC(C)CNC(=O)N1CCCC(CC(=O)NCc2ccccn2)C1. The molecule has 1 saturated heterocycles. The van der Waals surface area contributed by atoms with Gasteiger partial charge in [0.15, 0.2) is 0 Å². The lowest BCUT2D eigenvalue weighted by atomic mass is 9.94. The van der Waals surface area contributed by atoms with Crippen LogP contribution in [0.1, 0.15) is 38.8 Å². The largest absolute Gasteiger partial charge is 0.350 e. The van der Waals surface area contributed by atoms with Crippen LogP contribution in [-0.2, 0) is 11.3 Å². The molecular formula is C18H28N4O2. The van der Waals surface area contributed by atoms with Crippen molar-refractivity contribution < 1.29 is 9.59 Å². The van der Waals surface area contributed by atoms with Crippen LogP contribution in [-0.4, -0.2) is 41.5 Å². The van der Waals surface area contributed by atoms with Crippen LogP contribution >= 0.6 is 0 Å². The number of amides is 3. The summed E-state index contributed by atoms with van der Waals surface area (Å²) in [6.07, 6.45) is 4.12. The molecule has 3 amide bonds. The third-order valence-corrected chi connectivity index (χ3v) is 4.13. The lowest BCUT2D eigenvalue weighted by molar-refractivity contribution is -0.122. The Bertz CT molecular complexity index is 533. The van der Waals surface area contributed by atoms with Crippen LogP contribution in [0.25, 0.3) is 0 Å². The van der Waals surface area contributed by atoms with E-state index in [1.54, 1.807) is 6.20 Å². The predicted octanol–water partition coefficient (Wildman–Crippen LogP) is 2.17. The molecule has 1 unspecified atom stereocenters. The standard InChI is InChI=1S/C18H28N4O2/c1-14(2)11-21-18(24)22-9-5-6-15(13-22)10-17(23)20-12-16-7-3-4-8-19-16/h3-4,7-8,14-15H,5-6,9-13H2,1-2H3,(H,20,23)(H,21,24). The van der Waals surface area contributed by atoms with E-state index < -0.39 is 0 Å². The number of nitrogens with zero attached hydrogens (tertiary/aromatic N) is 2. The Labute approximate surface area is 144 Å². The minimum absolute atomic E-state index is 0.0118. The van der Waals surface area contributed by atoms with Gasteiger partial charge in [0.1, 0.15) is 0 Å². The number of carbonyl (C=O) groups is 2. The Morgan fingerprint density at radius 2 is 2.17 bits per heavy atom. The fourth-order valence-corrected chi connectivity index (χ4v) is 2.85. The number of pyridine rings is 1. The molecule has 2 rings (SSSR count). The van der Waals surface area contributed by atoms with E-state index in [9.17, 15) is 9.59 Å². The highest BCUT2D eigenvalue weighted by molar-refractivity contribution is 5.77. The Balaban J connectivity index is 1.73. The zero-order valence-corrected chi connectivity index (χ0v) is 14.6. The van der Waals surface area contributed by atoms with Gasteiger partial charge < -0.3 is 15.5 Å². The minimum Gasteiger partial charge on any atom is -0.350 e. The van der Waals surface area contributed by atoms with Crippen molar-refractivity contribution in [1.82, 2.24) is 20.5 Å². The van der Waals surface area contributed by atoms with Crippen LogP contribution in [0.4, 0.5) is 4.79 Å². The van der Waals surface area contributed by atoms with E-state index in [-0.39, 0.29) is 17.9 Å². The third kappa shape index (κ3) is 6.18. The molecule has 2 heterocycles. The number of hydrogen-bond donors (Lipinski definition) is 2. The van der Waals surface area contributed by atoms with Crippen LogP contribution in [0.3, 0.4) is 0 Å². The maximum absolute atomic E-state index is 12.2. The van der Waals surface area contributed by atoms with Crippen LogP contribution < -0.4 is 10.6 Å². The van der Waals surface area contributed by atoms with Crippen LogP contribution in [0.5, 0.6) is 0 Å². The van der Waals surface area contributed by atoms with Gasteiger partial charge in [-0.1, -0.05) is 19.9 Å². The minimum atomic E-state index is -0.0118. The summed E-state index contributed by atoms with van der Waals surface area (Å²) in [7, 11) is 0. The summed E-state index contributed by atoms with van der Waals surface area (Å²) < 4.78 is 0. The molecule has 24 heavy (non-hydrogen) atoms. The molecule has 1 aliphatic heterocycles. The molecule has 6 heteroatoms. The molecule has 1 aromatic rings. The number of piperidine rings is 1. The summed E-state index contributed by atoms with van der Waals surface area (Å²) >= 11 is 0. The molecule has 0 aliphatic carbocycles. The lowest BCUT2D eigenvalue weighted by Gasteiger charge is -2.32. The van der Waals surface area contributed by atoms with Crippen LogP contribution in [0.15, 0.2) is 24.4 Å². The Kier molecular flexibility index (Phi) is 7.03. The molecule has 2 N–H and O–H groups in total. The van der Waals surface area contributed by atoms with Gasteiger partial charge in [-0.2, -0.15) is 0 Å². The van der Waals surface area contributed by atoms with E-state index in [1.165, 1.54) is 0 Å². The summed E-state index contributed by atoms with van der Waals surface area (Å²) in [5.41, 5.74) is 0.851. The number of likely N-dealkylation sites (tertiary alicyclic amines) is 1. The smallest absolute Gasteiger partial charge is 0.317 e. The first-order valence-corrected chi connectivity index (χ1v) is 8.74. The summed E-state index contributed by atoms with van der Waals surface area (Å²) in [4.78, 5) is 30.3. The van der Waals surface area contributed by atoms with Crippen molar-refractivity contribution in [1.29, 1.82) is 0 Å². The molecular weight excluding hydrogens is 304 g/mol. The van der Waals surface area contributed by atoms with Gasteiger partial charge in [-0.05, 0) is 36.8 Å². The van der Waals surface area contributed by atoms with E-state index in [0.717, 1.165) is 25.1 Å². The average molecular weight is 332 g/mol. The number of aromatic nitrogens is 1. The van der Waals surface area contributed by atoms with E-state index in [0.29, 0.717) is 32.0 Å². The van der Waals surface area contributed by atoms with Gasteiger partial charge in [0.25, 0.3) is 0 Å². The van der Waals surface area contributed by atoms with Gasteiger partial charge in [-0.15, -0.1) is 0 Å². The fourth-order valence-electron chi connectivity index (χ4n) is 2.85. The first kappa shape index (κ1) is 18.2. The predicted molar refractivity (Wildman–Crippen MR) is 93.2 cm³/mol. The van der Waals surface area contributed by atoms with Crippen molar-refractivity contribution in [2.24, 2.45) is 11.8 Å². The van der Waals surface area contributed by atoms with E-state index in [2.05, 4.69) is 29.5 Å². The topological polar surface area (TPSA) is 74.3 Å². The zero-order valence-electron chi connectivity index (χ0n) is 14.6. The molecule has 0 saturated carbocycles. The molecule has 0 aromatic carbocycles. The second kappa shape index (κ2) is 9.25. The second-order valence-electron chi connectivity index (χ2n) is 6.84. The molecule has 132 valence electrons. The van der Waals surface area contributed by atoms with E-state index >= 15 is 0 Å². The normalized spacial score (nSPS) is 17.6. The van der Waals surface area contributed by atoms with Crippen molar-refractivity contribution >= 4 is 11.9 Å². The van der Waals surface area contributed by atoms with Gasteiger partial charge in [-0.3, -0.25) is 9.78 Å². The zero-order chi connectivity index (χ0) is 17.4. The summed E-state index contributed by atoms with van der Waals surface area (Å²) in [6, 6.07) is 5.64. The fraction of sp³-hybridized carbons (Fsp3) is 0.611. The quantitative estimate of drug-likeness (QED) is 0.838. The highest BCUT2D eigenvalue weighted by atomic mass is 16.2. The molecule has 0 spiro atoms. The molecule has 0 bridgehead atoms. The van der Waals surface area contributed by atoms with Gasteiger partial charge in [0, 0.05) is 32.3 Å². The van der Waals surface area contributed by atoms with Crippen LogP contribution in [0, 0.1) is 11.8 Å². The molecule has 1 aromatic heterocycles. The first-order chi connectivity index (χ1) is 11.5. The van der Waals surface area contributed by atoms with Crippen molar-refractivity contribution in [3.05, 3.63) is 30.1 Å². The van der Waals surface area contributed by atoms with Gasteiger partial charge in [0.05, 0.1) is 12.2 Å². The van der Waals surface area contributed by atoms with Crippen molar-refractivity contribution in [3.8, 4) is 0 Å². The maximum Gasteiger partial charge on any atom is 0.317 e. The van der Waals surface area contributed by atoms with Gasteiger partial charge in [0.2, 0.25) is 5.91 Å². The number of urea groups is 1. The monoisotopic (exact) mass is 332 g/mol. The highest BCUT2D eigenvalue weighted by Crippen LogP contribution is 2.19. The lowest BCUT2D eigenvalue weighted by Crippen LogP contribution is -2.47. The maximum atomic E-state index is 12.2. The second-order valence-corrected chi connectivity index (χ2v) is 6.84. The third-order valence-electron chi connectivity index (χ3n) is 4.13. The van der Waals surface area contributed by atoms with Crippen molar-refractivity contribution in [2.75, 3.05) is 19.6 Å². The summed E-state index contributed by atoms with van der Waals surface area (Å²) in [5.74, 6) is 0.689. The van der Waals surface area contributed by atoms with Crippen LogP contribution in [0.2, 0.25) is 0 Å². The Morgan fingerprint density at radius 1 is 1.33 bits per heavy atom. The molecule has 6 nitrogen and oxygen atoms in total. The Hall–Kier alpha value is -2.11. The van der Waals surface area contributed by atoms with E-state index in [4.69, 9.17) is 0 Å². The Morgan fingerprint density at radius 3 is 2.88 bits per heavy atom. The van der Waals surface area contributed by atoms with Gasteiger partial charge in [-0.25, -0.2) is 4.79 Å². The number of hydrogen-bond acceptors (Lipinski definition) is 3. The average Bonchev–Trinajstić information content (AvgIpc) is 2.59. The highest BCUT2D eigenvalue weighted by Gasteiger charge is 2.25. The number of nitrogens with one attached hydrogen (secondary N) is 2. The summed E-state index contributed by atoms with van der Waals surface area (Å²) in [6.45, 7) is 6.71. The molecule has 0 radical (unpaired) electrons. The number of carbonyl (C=O) groups excluding carboxylic acids is 2. The number of rotatable bonds is 6. The van der Waals surface area contributed by atoms with Crippen molar-refractivity contribution in [3.63, 3.8) is 0 Å². The molecule has 1 aliphatic rings. The van der Waals surface area contributed by atoms with Crippen molar-refractivity contribution in [2.45, 2.75) is 39.7 Å². The molecule has 1 atom stereocenters. The van der Waals surface area contributed by atoms with E-state index in [1.807, 2.05) is 23.1 Å². The molecule has 1 fully saturated rings. The first-order valence-electron chi connectivity index (χ1n) is 8.74. The summed E-state index contributed by atoms with van der Waals surface area (Å²) in [5, 5.41) is 5.86. The van der Waals surface area contributed by atoms with Gasteiger partial charge >= 0.3 is 6.03 Å².